The molecule has 1 aliphatic heterocycles. The molecule has 2 aliphatic rings. The summed E-state index contributed by atoms with van der Waals surface area (Å²) in [5.74, 6) is -1.05. The molecule has 0 bridgehead atoms. The number of hydrogen-bond acceptors (Lipinski definition) is 4. The number of rotatable bonds is 6. The molecule has 0 unspecified atom stereocenters. The van der Waals surface area contributed by atoms with E-state index in [9.17, 15) is 17.2 Å². The molecule has 1 aromatic carbocycles. The summed E-state index contributed by atoms with van der Waals surface area (Å²) in [4.78, 5) is 0. The van der Waals surface area contributed by atoms with Gasteiger partial charge in [-0.15, -0.1) is 0 Å². The van der Waals surface area contributed by atoms with E-state index in [0.717, 1.165) is 32.2 Å². The van der Waals surface area contributed by atoms with Crippen molar-refractivity contribution < 1.29 is 21.9 Å². The smallest absolute Gasteiger partial charge is 0.201 e. The molecule has 5 nitrogen and oxygen atoms in total. The standard InChI is InChI=1S/C18H26F2N2O3S/c19-14-3-1-4-15(20)18(14)12-6-8-13(9-7-12)25-11-17-16(22-26(23)24)5-2-10-21-17/h1,3-4,12-13,16-17,21,26H,2,5-11H2,(H,22,23,24)/t12-,13+,16-,17-/m0/s1. The fourth-order valence-electron chi connectivity index (χ4n) is 4.08. The van der Waals surface area contributed by atoms with Crippen LogP contribution >= 0.6 is 0 Å². The van der Waals surface area contributed by atoms with Crippen LogP contribution < -0.4 is 10.0 Å². The van der Waals surface area contributed by atoms with E-state index < -0.39 is 22.5 Å². The average molecular weight is 388 g/mol. The van der Waals surface area contributed by atoms with Crippen molar-refractivity contribution in [3.63, 3.8) is 0 Å². The second-order valence-electron chi connectivity index (χ2n) is 7.14. The van der Waals surface area contributed by atoms with Gasteiger partial charge in [0.15, 0.2) is 0 Å². The topological polar surface area (TPSA) is 67.4 Å². The summed E-state index contributed by atoms with van der Waals surface area (Å²) >= 11 is 0. The second-order valence-corrected chi connectivity index (χ2v) is 7.91. The maximum Gasteiger partial charge on any atom is 0.201 e. The molecule has 2 N–H and O–H groups in total. The number of nitrogens with one attached hydrogen (secondary N) is 2. The van der Waals surface area contributed by atoms with Gasteiger partial charge in [-0.2, -0.15) is 0 Å². The van der Waals surface area contributed by atoms with E-state index in [0.29, 0.717) is 19.4 Å². The molecule has 3 rings (SSSR count). The lowest BCUT2D eigenvalue weighted by Crippen LogP contribution is -2.54. The zero-order chi connectivity index (χ0) is 18.5. The first-order valence-electron chi connectivity index (χ1n) is 9.24. The predicted octanol–water partition coefficient (Wildman–Crippen LogP) is 2.24. The summed E-state index contributed by atoms with van der Waals surface area (Å²) in [5.41, 5.74) is 0.198. The zero-order valence-corrected chi connectivity index (χ0v) is 15.5. The van der Waals surface area contributed by atoms with Crippen molar-refractivity contribution in [1.82, 2.24) is 10.0 Å². The highest BCUT2D eigenvalue weighted by molar-refractivity contribution is 7.70. The summed E-state index contributed by atoms with van der Waals surface area (Å²) in [5, 5.41) is 3.31. The van der Waals surface area contributed by atoms with Crippen LogP contribution in [0.2, 0.25) is 0 Å². The van der Waals surface area contributed by atoms with E-state index >= 15 is 0 Å². The number of hydrogen-bond donors (Lipinski definition) is 3. The van der Waals surface area contributed by atoms with Gasteiger partial charge in [0.25, 0.3) is 0 Å². The Balaban J connectivity index is 1.49. The number of piperidine rings is 1. The van der Waals surface area contributed by atoms with E-state index in [1.54, 1.807) is 0 Å². The molecule has 2 atom stereocenters. The zero-order valence-electron chi connectivity index (χ0n) is 14.6. The molecule has 0 spiro atoms. The van der Waals surface area contributed by atoms with Crippen molar-refractivity contribution in [3.8, 4) is 0 Å². The van der Waals surface area contributed by atoms with Crippen molar-refractivity contribution in [2.24, 2.45) is 0 Å². The Labute approximate surface area is 154 Å². The van der Waals surface area contributed by atoms with Crippen molar-refractivity contribution in [3.05, 3.63) is 35.4 Å². The maximum atomic E-state index is 13.9. The molecule has 26 heavy (non-hydrogen) atoms. The van der Waals surface area contributed by atoms with Gasteiger partial charge in [0, 0.05) is 17.6 Å². The normalized spacial score (nSPS) is 29.8. The van der Waals surface area contributed by atoms with Crippen LogP contribution in [0, 0.1) is 11.6 Å². The van der Waals surface area contributed by atoms with Gasteiger partial charge in [-0.25, -0.2) is 21.9 Å². The third kappa shape index (κ3) is 5.00. The first-order chi connectivity index (χ1) is 12.5. The Morgan fingerprint density at radius 2 is 1.81 bits per heavy atom. The molecule has 1 aromatic rings. The van der Waals surface area contributed by atoms with Crippen molar-refractivity contribution in [2.75, 3.05) is 13.2 Å². The number of thiol groups is 1. The summed E-state index contributed by atoms with van der Waals surface area (Å²) in [6.07, 6.45) is 4.65. The van der Waals surface area contributed by atoms with Crippen LogP contribution in [0.25, 0.3) is 0 Å². The lowest BCUT2D eigenvalue weighted by Gasteiger charge is -2.34. The summed E-state index contributed by atoms with van der Waals surface area (Å²) in [6, 6.07) is 3.82. The van der Waals surface area contributed by atoms with E-state index in [2.05, 4.69) is 10.0 Å². The van der Waals surface area contributed by atoms with Gasteiger partial charge in [-0.05, 0) is 63.1 Å². The van der Waals surface area contributed by atoms with Gasteiger partial charge in [-0.3, -0.25) is 0 Å². The third-order valence-corrected chi connectivity index (χ3v) is 5.99. The van der Waals surface area contributed by atoms with Gasteiger partial charge >= 0.3 is 0 Å². The Kier molecular flexibility index (Phi) is 6.97. The van der Waals surface area contributed by atoms with Gasteiger partial charge in [0.1, 0.15) is 11.6 Å². The molecule has 0 radical (unpaired) electrons. The van der Waals surface area contributed by atoms with E-state index in [1.807, 2.05) is 0 Å². The molecule has 0 aromatic heterocycles. The molecule has 1 aliphatic carbocycles. The van der Waals surface area contributed by atoms with Crippen molar-refractivity contribution >= 4 is 10.9 Å². The Morgan fingerprint density at radius 3 is 2.46 bits per heavy atom. The molecule has 146 valence electrons. The molecule has 2 fully saturated rings. The van der Waals surface area contributed by atoms with Gasteiger partial charge in [0.2, 0.25) is 10.9 Å². The SMILES string of the molecule is O=[SH](=O)N[C@H]1CCCN[C@H]1CO[C@H]1CC[C@@H](c2c(F)cccc2F)CC1. The van der Waals surface area contributed by atoms with Crippen LogP contribution in [-0.2, 0) is 15.6 Å². The van der Waals surface area contributed by atoms with Gasteiger partial charge < -0.3 is 10.1 Å². The number of halogens is 2. The van der Waals surface area contributed by atoms with Crippen LogP contribution in [-0.4, -0.2) is 39.8 Å². The average Bonchev–Trinajstić information content (AvgIpc) is 2.61. The highest BCUT2D eigenvalue weighted by atomic mass is 32.2. The summed E-state index contributed by atoms with van der Waals surface area (Å²) in [6.45, 7) is 1.28. The minimum Gasteiger partial charge on any atom is -0.377 e. The minimum absolute atomic E-state index is 0.0432. The minimum atomic E-state index is -2.63. The van der Waals surface area contributed by atoms with Gasteiger partial charge in [-0.1, -0.05) is 6.07 Å². The molecular weight excluding hydrogens is 362 g/mol. The fourth-order valence-corrected chi connectivity index (χ4v) is 4.66. The summed E-state index contributed by atoms with van der Waals surface area (Å²) in [7, 11) is -2.63. The van der Waals surface area contributed by atoms with Crippen molar-refractivity contribution in [2.45, 2.75) is 62.6 Å². The van der Waals surface area contributed by atoms with Crippen LogP contribution in [0.15, 0.2) is 18.2 Å². The largest absolute Gasteiger partial charge is 0.377 e. The van der Waals surface area contributed by atoms with Crippen LogP contribution in [0.3, 0.4) is 0 Å². The third-order valence-electron chi connectivity index (χ3n) is 5.45. The highest BCUT2D eigenvalue weighted by Gasteiger charge is 2.29. The molecule has 8 heteroatoms. The molecule has 0 amide bonds. The molecular formula is C18H26F2N2O3S. The fraction of sp³-hybridized carbons (Fsp3) is 0.667. The Hall–Kier alpha value is -1.09. The Morgan fingerprint density at radius 1 is 1.12 bits per heavy atom. The molecule has 1 heterocycles. The Bertz CT molecular complexity index is 650. The molecule has 1 saturated heterocycles. The van der Waals surface area contributed by atoms with E-state index in [1.165, 1.54) is 18.2 Å². The van der Waals surface area contributed by atoms with Gasteiger partial charge in [0.05, 0.1) is 12.7 Å². The quantitative estimate of drug-likeness (QED) is 0.654. The van der Waals surface area contributed by atoms with Crippen LogP contribution in [0.4, 0.5) is 8.78 Å². The van der Waals surface area contributed by atoms with E-state index in [-0.39, 0.29) is 29.7 Å². The predicted molar refractivity (Wildman–Crippen MR) is 95.6 cm³/mol. The van der Waals surface area contributed by atoms with Crippen LogP contribution in [0.1, 0.15) is 50.0 Å². The number of benzene rings is 1. The lowest BCUT2D eigenvalue weighted by molar-refractivity contribution is 0.00493. The monoisotopic (exact) mass is 388 g/mol. The summed E-state index contributed by atoms with van der Waals surface area (Å²) < 4.78 is 58.3. The van der Waals surface area contributed by atoms with Crippen molar-refractivity contribution in [1.29, 1.82) is 0 Å². The van der Waals surface area contributed by atoms with Crippen LogP contribution in [0.5, 0.6) is 0 Å². The second kappa shape index (κ2) is 9.21. The van der Waals surface area contributed by atoms with E-state index in [4.69, 9.17) is 4.74 Å². The highest BCUT2D eigenvalue weighted by Crippen LogP contribution is 2.36. The maximum absolute atomic E-state index is 13.9. The number of ether oxygens (including phenoxy) is 1. The first-order valence-corrected chi connectivity index (χ1v) is 10.4. The first kappa shape index (κ1) is 19.7. The lowest BCUT2D eigenvalue weighted by atomic mass is 9.82. The molecule has 1 saturated carbocycles.